The van der Waals surface area contributed by atoms with Crippen LogP contribution in [-0.2, 0) is 9.47 Å². The lowest BCUT2D eigenvalue weighted by Crippen LogP contribution is -2.21. The van der Waals surface area contributed by atoms with Gasteiger partial charge in [-0.1, -0.05) is 74.5 Å². The number of ether oxygens (including phenoxy) is 2. The molecule has 2 aromatic rings. The Bertz CT molecular complexity index is 897. The van der Waals surface area contributed by atoms with E-state index in [0.717, 1.165) is 29.2 Å². The molecule has 0 saturated carbocycles. The van der Waals surface area contributed by atoms with E-state index in [4.69, 9.17) is 14.5 Å². The minimum Gasteiger partial charge on any atom is -0.497 e. The minimum atomic E-state index is -0.121. The molecule has 4 rings (SSSR count). The van der Waals surface area contributed by atoms with Crippen molar-refractivity contribution in [3.05, 3.63) is 95.3 Å². The molecule has 2 aromatic carbocycles. The average Bonchev–Trinajstić information content (AvgIpc) is 3.20. The van der Waals surface area contributed by atoms with Crippen LogP contribution in [0.15, 0.2) is 89.1 Å². The summed E-state index contributed by atoms with van der Waals surface area (Å²) in [6.45, 7) is 4.51. The molecule has 0 fully saturated rings. The van der Waals surface area contributed by atoms with Gasteiger partial charge in [0.25, 0.3) is 0 Å². The molecule has 3 nitrogen and oxygen atoms in total. The van der Waals surface area contributed by atoms with E-state index in [9.17, 15) is 0 Å². The van der Waals surface area contributed by atoms with Gasteiger partial charge in [0.1, 0.15) is 11.8 Å². The summed E-state index contributed by atoms with van der Waals surface area (Å²) in [4.78, 5) is 5.08. The van der Waals surface area contributed by atoms with Gasteiger partial charge < -0.3 is 9.47 Å². The average molecular weight is 373 g/mol. The Morgan fingerprint density at radius 2 is 1.61 bits per heavy atom. The van der Waals surface area contributed by atoms with E-state index in [1.807, 2.05) is 12.1 Å². The van der Waals surface area contributed by atoms with Crippen LogP contribution in [-0.4, -0.2) is 13.0 Å². The number of aliphatic imine (C=N–C) groups is 1. The summed E-state index contributed by atoms with van der Waals surface area (Å²) in [6.07, 6.45) is 5.08. The second-order valence-corrected chi connectivity index (χ2v) is 7.74. The van der Waals surface area contributed by atoms with Crippen molar-refractivity contribution in [1.29, 1.82) is 0 Å². The van der Waals surface area contributed by atoms with Gasteiger partial charge in [-0.25, -0.2) is 4.99 Å². The highest BCUT2D eigenvalue weighted by Gasteiger charge is 2.37. The van der Waals surface area contributed by atoms with Crippen molar-refractivity contribution in [2.24, 2.45) is 16.8 Å². The predicted octanol–water partition coefficient (Wildman–Crippen LogP) is 6.03. The second-order valence-electron chi connectivity index (χ2n) is 7.74. The maximum Gasteiger partial charge on any atom is 0.213 e. The smallest absolute Gasteiger partial charge is 0.213 e. The molecule has 1 aliphatic carbocycles. The number of nitrogens with zero attached hydrogens (tertiary/aromatic N) is 1. The molecule has 0 bridgehead atoms. The zero-order valence-corrected chi connectivity index (χ0v) is 16.7. The van der Waals surface area contributed by atoms with E-state index >= 15 is 0 Å². The van der Waals surface area contributed by atoms with E-state index in [2.05, 4.69) is 74.5 Å². The van der Waals surface area contributed by atoms with Gasteiger partial charge in [0, 0.05) is 5.57 Å². The minimum absolute atomic E-state index is 0.0517. The topological polar surface area (TPSA) is 30.8 Å². The normalized spacial score (nSPS) is 24.3. The number of benzene rings is 2. The first-order chi connectivity index (χ1) is 13.7. The van der Waals surface area contributed by atoms with Crippen molar-refractivity contribution >= 4 is 5.90 Å². The summed E-state index contributed by atoms with van der Waals surface area (Å²) in [5, 5.41) is 0. The summed E-state index contributed by atoms with van der Waals surface area (Å²) >= 11 is 0. The van der Waals surface area contributed by atoms with Crippen LogP contribution in [0.4, 0.5) is 0 Å². The molecule has 0 saturated heterocycles. The summed E-state index contributed by atoms with van der Waals surface area (Å²) in [6, 6.07) is 20.8. The number of allylic oxidation sites excluding steroid dienone is 2. The number of methoxy groups -OCH3 is 1. The Morgan fingerprint density at radius 1 is 0.964 bits per heavy atom. The van der Waals surface area contributed by atoms with E-state index in [1.165, 1.54) is 5.56 Å². The monoisotopic (exact) mass is 373 g/mol. The molecule has 0 amide bonds. The van der Waals surface area contributed by atoms with Crippen LogP contribution in [0.5, 0.6) is 0 Å². The van der Waals surface area contributed by atoms with Crippen LogP contribution >= 0.6 is 0 Å². The first kappa shape index (κ1) is 18.5. The molecule has 144 valence electrons. The molecule has 28 heavy (non-hydrogen) atoms. The van der Waals surface area contributed by atoms with Gasteiger partial charge in [-0.2, -0.15) is 0 Å². The van der Waals surface area contributed by atoms with Gasteiger partial charge in [0.15, 0.2) is 6.10 Å². The standard InChI is InChI=1S/C25H27NO2/c1-17(2)21-15-14-20(27-3)16-22(21)25-26-23(18-10-6-4-7-11-18)24(28-25)19-12-8-5-9-13-19/h4-14,16-17,21,23-24H,15H2,1-3H3/t21-,23+,24+/m0/s1. The van der Waals surface area contributed by atoms with Crippen molar-refractivity contribution in [2.75, 3.05) is 7.11 Å². The molecule has 0 aromatic heterocycles. The Labute approximate surface area is 167 Å². The molecule has 0 radical (unpaired) electrons. The highest BCUT2D eigenvalue weighted by Crippen LogP contribution is 2.43. The summed E-state index contributed by atoms with van der Waals surface area (Å²) in [5.74, 6) is 2.52. The van der Waals surface area contributed by atoms with Crippen LogP contribution in [0.2, 0.25) is 0 Å². The lowest BCUT2D eigenvalue weighted by molar-refractivity contribution is 0.193. The first-order valence-electron chi connectivity index (χ1n) is 9.98. The van der Waals surface area contributed by atoms with Crippen molar-refractivity contribution in [2.45, 2.75) is 32.4 Å². The fraction of sp³-hybridized carbons (Fsp3) is 0.320. The van der Waals surface area contributed by atoms with Crippen LogP contribution in [0, 0.1) is 11.8 Å². The molecule has 0 unspecified atom stereocenters. The Kier molecular flexibility index (Phi) is 5.34. The molecule has 0 spiro atoms. The summed E-state index contributed by atoms with van der Waals surface area (Å²) in [7, 11) is 1.71. The lowest BCUT2D eigenvalue weighted by atomic mass is 9.82. The molecular formula is C25H27NO2. The van der Waals surface area contributed by atoms with E-state index in [-0.39, 0.29) is 12.1 Å². The Balaban J connectivity index is 1.75. The fourth-order valence-electron chi connectivity index (χ4n) is 4.03. The Morgan fingerprint density at radius 3 is 2.21 bits per heavy atom. The van der Waals surface area contributed by atoms with Crippen molar-refractivity contribution in [1.82, 2.24) is 0 Å². The molecule has 3 atom stereocenters. The van der Waals surface area contributed by atoms with Crippen molar-refractivity contribution in [3.63, 3.8) is 0 Å². The fourth-order valence-corrected chi connectivity index (χ4v) is 4.03. The quantitative estimate of drug-likeness (QED) is 0.640. The van der Waals surface area contributed by atoms with Crippen LogP contribution < -0.4 is 0 Å². The van der Waals surface area contributed by atoms with E-state index in [1.54, 1.807) is 7.11 Å². The third kappa shape index (κ3) is 3.62. The molecule has 1 heterocycles. The van der Waals surface area contributed by atoms with Crippen LogP contribution in [0.1, 0.15) is 43.5 Å². The second kappa shape index (κ2) is 8.05. The number of rotatable bonds is 5. The van der Waals surface area contributed by atoms with Gasteiger partial charge in [0.2, 0.25) is 5.90 Å². The maximum atomic E-state index is 6.53. The molecule has 0 N–H and O–H groups in total. The van der Waals surface area contributed by atoms with Gasteiger partial charge in [-0.3, -0.25) is 0 Å². The third-order valence-corrected chi connectivity index (χ3v) is 5.61. The number of hydrogen-bond acceptors (Lipinski definition) is 3. The Hall–Kier alpha value is -2.81. The highest BCUT2D eigenvalue weighted by atomic mass is 16.5. The maximum absolute atomic E-state index is 6.53. The largest absolute Gasteiger partial charge is 0.497 e. The van der Waals surface area contributed by atoms with Crippen molar-refractivity contribution < 1.29 is 9.47 Å². The van der Waals surface area contributed by atoms with Crippen molar-refractivity contribution in [3.8, 4) is 0 Å². The first-order valence-corrected chi connectivity index (χ1v) is 9.98. The molecule has 3 heteroatoms. The third-order valence-electron chi connectivity index (χ3n) is 5.61. The number of hydrogen-bond donors (Lipinski definition) is 0. The van der Waals surface area contributed by atoms with Gasteiger partial charge >= 0.3 is 0 Å². The lowest BCUT2D eigenvalue weighted by Gasteiger charge is -2.26. The highest BCUT2D eigenvalue weighted by molar-refractivity contribution is 5.96. The van der Waals surface area contributed by atoms with Crippen LogP contribution in [0.25, 0.3) is 0 Å². The molecule has 2 aliphatic rings. The van der Waals surface area contributed by atoms with Crippen LogP contribution in [0.3, 0.4) is 0 Å². The van der Waals surface area contributed by atoms with Gasteiger partial charge in [0.05, 0.1) is 7.11 Å². The van der Waals surface area contributed by atoms with E-state index in [0.29, 0.717) is 11.8 Å². The van der Waals surface area contributed by atoms with Gasteiger partial charge in [-0.05, 0) is 41.5 Å². The zero-order valence-electron chi connectivity index (χ0n) is 16.7. The SMILES string of the molecule is COC1=CC[C@@H](C(C)C)C(C2=N[C@H](c3ccccc3)[C@@H](c3ccccc3)O2)=C1. The molecular weight excluding hydrogens is 346 g/mol. The summed E-state index contributed by atoms with van der Waals surface area (Å²) < 4.78 is 12.0. The molecule has 1 aliphatic heterocycles. The zero-order chi connectivity index (χ0) is 19.5. The van der Waals surface area contributed by atoms with E-state index < -0.39 is 0 Å². The van der Waals surface area contributed by atoms with Gasteiger partial charge in [-0.15, -0.1) is 0 Å². The predicted molar refractivity (Wildman–Crippen MR) is 113 cm³/mol. The summed E-state index contributed by atoms with van der Waals surface area (Å²) in [5.41, 5.74) is 3.47.